The topological polar surface area (TPSA) is 24.5 Å². The monoisotopic (exact) mass is 312 g/mol. The first-order valence-corrected chi connectivity index (χ1v) is 7.67. The molecule has 3 nitrogen and oxygen atoms in total. The number of thiocarbonyl (C=S) groups is 1. The molecule has 1 aliphatic heterocycles. The highest BCUT2D eigenvalue weighted by Gasteiger charge is 2.23. The Labute approximate surface area is 131 Å². The molecule has 2 rings (SSSR count). The highest BCUT2D eigenvalue weighted by Crippen LogP contribution is 2.29. The lowest BCUT2D eigenvalue weighted by Gasteiger charge is -2.36. The molecule has 0 radical (unpaired) electrons. The molecule has 2 unspecified atom stereocenters. The summed E-state index contributed by atoms with van der Waals surface area (Å²) in [7, 11) is 1.64. The van der Waals surface area contributed by atoms with Crippen LogP contribution in [0.4, 0.5) is 5.69 Å². The van der Waals surface area contributed by atoms with Gasteiger partial charge >= 0.3 is 0 Å². The maximum atomic E-state index is 6.04. The Morgan fingerprint density at radius 2 is 2.00 bits per heavy atom. The number of benzene rings is 1. The van der Waals surface area contributed by atoms with Crippen molar-refractivity contribution in [1.82, 2.24) is 4.90 Å². The van der Waals surface area contributed by atoms with E-state index in [1.165, 1.54) is 6.42 Å². The van der Waals surface area contributed by atoms with Gasteiger partial charge in [-0.25, -0.2) is 0 Å². The van der Waals surface area contributed by atoms with Gasteiger partial charge in [-0.15, -0.1) is 0 Å². The van der Waals surface area contributed by atoms with Crippen molar-refractivity contribution in [3.05, 3.63) is 23.2 Å². The van der Waals surface area contributed by atoms with Crippen molar-refractivity contribution in [3.63, 3.8) is 0 Å². The second kappa shape index (κ2) is 6.64. The smallest absolute Gasteiger partial charge is 0.173 e. The average Bonchev–Trinajstić information content (AvgIpc) is 2.37. The molecule has 1 aromatic carbocycles. The number of ether oxygens (including phenoxy) is 1. The fraction of sp³-hybridized carbons (Fsp3) is 0.533. The van der Waals surface area contributed by atoms with Crippen LogP contribution in [0.1, 0.15) is 20.3 Å². The van der Waals surface area contributed by atoms with E-state index in [4.69, 9.17) is 28.6 Å². The Morgan fingerprint density at radius 1 is 1.35 bits per heavy atom. The first-order valence-electron chi connectivity index (χ1n) is 6.89. The minimum atomic E-state index is 0.663. The van der Waals surface area contributed by atoms with Crippen LogP contribution in [0.25, 0.3) is 0 Å². The molecular formula is C15H21ClN2OS. The number of hydrogen-bond donors (Lipinski definition) is 1. The van der Waals surface area contributed by atoms with E-state index in [2.05, 4.69) is 24.1 Å². The number of anilines is 1. The predicted octanol–water partition coefficient (Wildman–Crippen LogP) is 4.02. The van der Waals surface area contributed by atoms with Crippen LogP contribution in [0, 0.1) is 11.8 Å². The van der Waals surface area contributed by atoms with Gasteiger partial charge in [0.15, 0.2) is 5.11 Å². The van der Waals surface area contributed by atoms with Crippen molar-refractivity contribution in [3.8, 4) is 5.75 Å². The van der Waals surface area contributed by atoms with Crippen molar-refractivity contribution in [2.75, 3.05) is 25.5 Å². The van der Waals surface area contributed by atoms with E-state index < -0.39 is 0 Å². The number of halogens is 1. The highest BCUT2D eigenvalue weighted by molar-refractivity contribution is 7.80. The lowest BCUT2D eigenvalue weighted by atomic mass is 9.92. The van der Waals surface area contributed by atoms with Gasteiger partial charge in [-0.05, 0) is 48.7 Å². The molecule has 0 bridgehead atoms. The Kier molecular flexibility index (Phi) is 5.11. The zero-order valence-electron chi connectivity index (χ0n) is 12.1. The number of likely N-dealkylation sites (tertiary alicyclic amines) is 1. The molecule has 110 valence electrons. The largest absolute Gasteiger partial charge is 0.495 e. The summed E-state index contributed by atoms with van der Waals surface area (Å²) in [5.74, 6) is 2.08. The van der Waals surface area contributed by atoms with Crippen molar-refractivity contribution >= 4 is 34.6 Å². The first kappa shape index (κ1) is 15.4. The summed E-state index contributed by atoms with van der Waals surface area (Å²) in [5.41, 5.74) is 0.816. The number of methoxy groups -OCH3 is 1. The molecule has 1 aliphatic rings. The zero-order valence-corrected chi connectivity index (χ0v) is 13.7. The Hall–Kier alpha value is -1.00. The summed E-state index contributed by atoms with van der Waals surface area (Å²) in [6, 6.07) is 5.48. The molecule has 0 saturated carbocycles. The van der Waals surface area contributed by atoms with Gasteiger partial charge in [0.2, 0.25) is 0 Å². The highest BCUT2D eigenvalue weighted by atomic mass is 35.5. The maximum absolute atomic E-state index is 6.04. The van der Waals surface area contributed by atoms with Crippen LogP contribution in [-0.2, 0) is 0 Å². The molecule has 1 aromatic rings. The molecule has 0 spiro atoms. The summed E-state index contributed by atoms with van der Waals surface area (Å²) in [6.45, 7) is 6.54. The van der Waals surface area contributed by atoms with E-state index in [9.17, 15) is 0 Å². The fourth-order valence-corrected chi connectivity index (χ4v) is 3.23. The maximum Gasteiger partial charge on any atom is 0.173 e. The third-order valence-electron chi connectivity index (χ3n) is 3.56. The predicted molar refractivity (Wildman–Crippen MR) is 88.7 cm³/mol. The molecule has 0 aliphatic carbocycles. The van der Waals surface area contributed by atoms with Gasteiger partial charge in [0.1, 0.15) is 5.75 Å². The first-order chi connectivity index (χ1) is 9.49. The lowest BCUT2D eigenvalue weighted by molar-refractivity contribution is 0.216. The van der Waals surface area contributed by atoms with Crippen molar-refractivity contribution < 1.29 is 4.74 Å². The van der Waals surface area contributed by atoms with Crippen LogP contribution >= 0.6 is 23.8 Å². The van der Waals surface area contributed by atoms with Crippen LogP contribution in [0.15, 0.2) is 18.2 Å². The SMILES string of the molecule is COc1ccc(Cl)cc1NC(=S)N1CC(C)CC(C)C1. The molecule has 1 fully saturated rings. The van der Waals surface area contributed by atoms with Crippen molar-refractivity contribution in [2.45, 2.75) is 20.3 Å². The second-order valence-corrected chi connectivity index (χ2v) is 6.45. The molecular weight excluding hydrogens is 292 g/mol. The van der Waals surface area contributed by atoms with E-state index in [-0.39, 0.29) is 0 Å². The number of rotatable bonds is 2. The average molecular weight is 313 g/mol. The Bertz CT molecular complexity index is 485. The summed E-state index contributed by atoms with van der Waals surface area (Å²) >= 11 is 11.6. The van der Waals surface area contributed by atoms with Gasteiger partial charge in [-0.1, -0.05) is 25.4 Å². The van der Waals surface area contributed by atoms with E-state index in [1.807, 2.05) is 12.1 Å². The van der Waals surface area contributed by atoms with E-state index in [0.29, 0.717) is 16.9 Å². The third kappa shape index (κ3) is 3.76. The van der Waals surface area contributed by atoms with E-state index in [0.717, 1.165) is 29.6 Å². The molecule has 0 amide bonds. The standard InChI is InChI=1S/C15H21ClN2OS/c1-10-6-11(2)9-18(8-10)15(20)17-13-7-12(16)4-5-14(13)19-3/h4-5,7,10-11H,6,8-9H2,1-3H3,(H,17,20). The normalized spacial score (nSPS) is 22.5. The van der Waals surface area contributed by atoms with Gasteiger partial charge in [0.25, 0.3) is 0 Å². The van der Waals surface area contributed by atoms with Gasteiger partial charge < -0.3 is 15.0 Å². The molecule has 5 heteroatoms. The minimum absolute atomic E-state index is 0.663. The van der Waals surface area contributed by atoms with Gasteiger partial charge in [0.05, 0.1) is 12.8 Å². The minimum Gasteiger partial charge on any atom is -0.495 e. The molecule has 0 aromatic heterocycles. The number of nitrogens with zero attached hydrogens (tertiary/aromatic N) is 1. The Morgan fingerprint density at radius 3 is 2.60 bits per heavy atom. The Balaban J connectivity index is 2.09. The van der Waals surface area contributed by atoms with E-state index in [1.54, 1.807) is 13.2 Å². The van der Waals surface area contributed by atoms with Crippen LogP contribution in [-0.4, -0.2) is 30.2 Å². The van der Waals surface area contributed by atoms with Crippen LogP contribution in [0.3, 0.4) is 0 Å². The molecule has 2 atom stereocenters. The third-order valence-corrected chi connectivity index (χ3v) is 4.15. The summed E-state index contributed by atoms with van der Waals surface area (Å²) in [5, 5.41) is 4.66. The number of nitrogens with one attached hydrogen (secondary N) is 1. The summed E-state index contributed by atoms with van der Waals surface area (Å²) in [6.07, 6.45) is 1.26. The quantitative estimate of drug-likeness (QED) is 0.834. The van der Waals surface area contributed by atoms with Gasteiger partial charge in [0, 0.05) is 18.1 Å². The lowest BCUT2D eigenvalue weighted by Crippen LogP contribution is -2.44. The molecule has 1 saturated heterocycles. The number of piperidine rings is 1. The van der Waals surface area contributed by atoms with Gasteiger partial charge in [-0.2, -0.15) is 0 Å². The van der Waals surface area contributed by atoms with Crippen LogP contribution in [0.5, 0.6) is 5.75 Å². The van der Waals surface area contributed by atoms with Crippen LogP contribution < -0.4 is 10.1 Å². The van der Waals surface area contributed by atoms with Crippen molar-refractivity contribution in [1.29, 1.82) is 0 Å². The van der Waals surface area contributed by atoms with Gasteiger partial charge in [-0.3, -0.25) is 0 Å². The zero-order chi connectivity index (χ0) is 14.7. The van der Waals surface area contributed by atoms with E-state index >= 15 is 0 Å². The second-order valence-electron chi connectivity index (χ2n) is 5.63. The molecule has 1 heterocycles. The fourth-order valence-electron chi connectivity index (χ4n) is 2.80. The molecule has 20 heavy (non-hydrogen) atoms. The summed E-state index contributed by atoms with van der Waals surface area (Å²) < 4.78 is 5.33. The molecule has 1 N–H and O–H groups in total. The summed E-state index contributed by atoms with van der Waals surface area (Å²) in [4.78, 5) is 2.23. The number of hydrogen-bond acceptors (Lipinski definition) is 2. The van der Waals surface area contributed by atoms with Crippen molar-refractivity contribution in [2.24, 2.45) is 11.8 Å². The van der Waals surface area contributed by atoms with Crippen LogP contribution in [0.2, 0.25) is 5.02 Å².